The molecular weight excluding hydrogens is 130 g/mol. The van der Waals surface area contributed by atoms with Crippen LogP contribution in [-0.2, 0) is 11.4 Å². The maximum atomic E-state index is 8.85. The molecule has 1 aromatic rings. The average Bonchev–Trinajstić information content (AvgIpc) is 1.95. The molecule has 0 aromatic heterocycles. The predicted octanol–water partition coefficient (Wildman–Crippen LogP) is 0.782. The molecule has 0 spiro atoms. The first-order valence-electron chi connectivity index (χ1n) is 2.92. The van der Waals surface area contributed by atoms with E-state index in [9.17, 15) is 0 Å². The highest BCUT2D eigenvalue weighted by atomic mass is 16.6. The summed E-state index contributed by atoms with van der Waals surface area (Å²) in [5.41, 5.74) is 0.945. The van der Waals surface area contributed by atoms with Crippen molar-refractivity contribution in [1.29, 1.82) is 0 Å². The smallest absolute Gasteiger partial charge is 0.115 e. The van der Waals surface area contributed by atoms with Gasteiger partial charge in [-0.3, -0.25) is 4.84 Å². The van der Waals surface area contributed by atoms with E-state index in [4.69, 9.17) is 11.0 Å². The van der Waals surface area contributed by atoms with Gasteiger partial charge in [0.05, 0.1) is 6.61 Å². The van der Waals surface area contributed by atoms with E-state index in [1.807, 2.05) is 0 Å². The Morgan fingerprint density at radius 1 is 1.30 bits per heavy atom. The van der Waals surface area contributed by atoms with E-state index in [0.717, 1.165) is 5.56 Å². The van der Waals surface area contributed by atoms with Crippen molar-refractivity contribution >= 4 is 0 Å². The second-order valence-corrected chi connectivity index (χ2v) is 1.98. The van der Waals surface area contributed by atoms with Gasteiger partial charge in [-0.05, 0) is 17.7 Å². The molecule has 0 aliphatic rings. The molecular formula is C7H9NO2. The Bertz CT molecular complexity index is 195. The quantitative estimate of drug-likeness (QED) is 0.595. The fourth-order valence-electron chi connectivity index (χ4n) is 0.688. The lowest BCUT2D eigenvalue weighted by Crippen LogP contribution is -1.97. The SMILES string of the molecule is NOCc1ccc(O)cc1. The van der Waals surface area contributed by atoms with E-state index in [-0.39, 0.29) is 5.75 Å². The zero-order valence-corrected chi connectivity index (χ0v) is 5.45. The Labute approximate surface area is 59.0 Å². The second-order valence-electron chi connectivity index (χ2n) is 1.98. The van der Waals surface area contributed by atoms with Gasteiger partial charge >= 0.3 is 0 Å². The van der Waals surface area contributed by atoms with Crippen LogP contribution < -0.4 is 5.90 Å². The minimum absolute atomic E-state index is 0.251. The number of phenolic OH excluding ortho intramolecular Hbond substituents is 1. The normalized spacial score (nSPS) is 9.70. The monoisotopic (exact) mass is 139 g/mol. The van der Waals surface area contributed by atoms with Gasteiger partial charge in [0.2, 0.25) is 0 Å². The Morgan fingerprint density at radius 2 is 1.90 bits per heavy atom. The summed E-state index contributed by atoms with van der Waals surface area (Å²) in [6, 6.07) is 6.69. The summed E-state index contributed by atoms with van der Waals surface area (Å²) in [6.07, 6.45) is 0. The molecule has 3 N–H and O–H groups in total. The third-order valence-electron chi connectivity index (χ3n) is 1.19. The molecule has 10 heavy (non-hydrogen) atoms. The van der Waals surface area contributed by atoms with Gasteiger partial charge in [-0.15, -0.1) is 0 Å². The Morgan fingerprint density at radius 3 is 2.40 bits per heavy atom. The molecule has 3 nitrogen and oxygen atoms in total. The lowest BCUT2D eigenvalue weighted by molar-refractivity contribution is 0.124. The van der Waals surface area contributed by atoms with Gasteiger partial charge in [-0.1, -0.05) is 12.1 Å². The van der Waals surface area contributed by atoms with Gasteiger partial charge < -0.3 is 5.11 Å². The van der Waals surface area contributed by atoms with Crippen molar-refractivity contribution in [2.45, 2.75) is 6.61 Å². The highest BCUT2D eigenvalue weighted by Crippen LogP contribution is 2.09. The van der Waals surface area contributed by atoms with Crippen molar-refractivity contribution in [1.82, 2.24) is 0 Å². The number of hydrogen-bond acceptors (Lipinski definition) is 3. The van der Waals surface area contributed by atoms with E-state index >= 15 is 0 Å². The highest BCUT2D eigenvalue weighted by molar-refractivity contribution is 5.25. The number of nitrogens with two attached hydrogens (primary N) is 1. The number of aromatic hydroxyl groups is 1. The average molecular weight is 139 g/mol. The first kappa shape index (κ1) is 7.05. The summed E-state index contributed by atoms with van der Waals surface area (Å²) in [5.74, 6) is 5.09. The standard InChI is InChI=1S/C7H9NO2/c8-10-5-6-1-3-7(9)4-2-6/h1-4,9H,5,8H2. The van der Waals surface area contributed by atoms with Crippen LogP contribution in [0, 0.1) is 0 Å². The number of rotatable bonds is 2. The molecule has 0 aliphatic heterocycles. The van der Waals surface area contributed by atoms with E-state index < -0.39 is 0 Å². The first-order chi connectivity index (χ1) is 4.83. The molecule has 0 saturated carbocycles. The largest absolute Gasteiger partial charge is 0.508 e. The van der Waals surface area contributed by atoms with Gasteiger partial charge in [-0.25, -0.2) is 5.90 Å². The summed E-state index contributed by atoms with van der Waals surface area (Å²) in [6.45, 7) is 0.375. The molecule has 0 bridgehead atoms. The maximum Gasteiger partial charge on any atom is 0.115 e. The third-order valence-corrected chi connectivity index (χ3v) is 1.19. The van der Waals surface area contributed by atoms with Crippen LogP contribution in [0.1, 0.15) is 5.56 Å². The van der Waals surface area contributed by atoms with Gasteiger partial charge in [0.1, 0.15) is 5.75 Å². The molecule has 0 amide bonds. The molecule has 0 saturated heterocycles. The highest BCUT2D eigenvalue weighted by Gasteiger charge is 1.90. The van der Waals surface area contributed by atoms with Crippen LogP contribution in [-0.4, -0.2) is 5.11 Å². The molecule has 3 heteroatoms. The van der Waals surface area contributed by atoms with Crippen molar-refractivity contribution in [2.75, 3.05) is 0 Å². The maximum absolute atomic E-state index is 8.85. The van der Waals surface area contributed by atoms with Gasteiger partial charge in [-0.2, -0.15) is 0 Å². The predicted molar refractivity (Wildman–Crippen MR) is 37.1 cm³/mol. The molecule has 0 heterocycles. The van der Waals surface area contributed by atoms with Gasteiger partial charge in [0.25, 0.3) is 0 Å². The second kappa shape index (κ2) is 3.20. The zero-order chi connectivity index (χ0) is 7.40. The fourth-order valence-corrected chi connectivity index (χ4v) is 0.688. The van der Waals surface area contributed by atoms with E-state index in [1.165, 1.54) is 0 Å². The van der Waals surface area contributed by atoms with E-state index in [2.05, 4.69) is 4.84 Å². The lowest BCUT2D eigenvalue weighted by Gasteiger charge is -1.97. The topological polar surface area (TPSA) is 55.5 Å². The van der Waals surface area contributed by atoms with Gasteiger partial charge in [0.15, 0.2) is 0 Å². The Hall–Kier alpha value is -1.06. The van der Waals surface area contributed by atoms with Crippen LogP contribution in [0.15, 0.2) is 24.3 Å². The van der Waals surface area contributed by atoms with Crippen molar-refractivity contribution < 1.29 is 9.94 Å². The third kappa shape index (κ3) is 1.72. The minimum Gasteiger partial charge on any atom is -0.508 e. The van der Waals surface area contributed by atoms with E-state index in [1.54, 1.807) is 24.3 Å². The van der Waals surface area contributed by atoms with Crippen molar-refractivity contribution in [3.63, 3.8) is 0 Å². The Balaban J connectivity index is 2.69. The summed E-state index contributed by atoms with van der Waals surface area (Å²) in [7, 11) is 0. The molecule has 0 fully saturated rings. The molecule has 0 unspecified atom stereocenters. The van der Waals surface area contributed by atoms with Crippen LogP contribution in [0.2, 0.25) is 0 Å². The minimum atomic E-state index is 0.251. The van der Waals surface area contributed by atoms with Crippen LogP contribution in [0.3, 0.4) is 0 Å². The van der Waals surface area contributed by atoms with Crippen LogP contribution in [0.4, 0.5) is 0 Å². The fraction of sp³-hybridized carbons (Fsp3) is 0.143. The number of phenols is 1. The van der Waals surface area contributed by atoms with Gasteiger partial charge in [0, 0.05) is 0 Å². The summed E-state index contributed by atoms with van der Waals surface area (Å²) in [4.78, 5) is 4.39. The Kier molecular flexibility index (Phi) is 2.25. The molecule has 1 aromatic carbocycles. The molecule has 0 atom stereocenters. The lowest BCUT2D eigenvalue weighted by atomic mass is 10.2. The summed E-state index contributed by atoms with van der Waals surface area (Å²) < 4.78 is 0. The zero-order valence-electron chi connectivity index (χ0n) is 5.45. The summed E-state index contributed by atoms with van der Waals surface area (Å²) in [5, 5.41) is 8.85. The van der Waals surface area contributed by atoms with Crippen LogP contribution in [0.5, 0.6) is 5.75 Å². The number of benzene rings is 1. The molecule has 0 aliphatic carbocycles. The summed E-state index contributed by atoms with van der Waals surface area (Å²) >= 11 is 0. The van der Waals surface area contributed by atoms with Crippen molar-refractivity contribution in [3.8, 4) is 5.75 Å². The van der Waals surface area contributed by atoms with Crippen LogP contribution in [0.25, 0.3) is 0 Å². The van der Waals surface area contributed by atoms with Crippen LogP contribution >= 0.6 is 0 Å². The first-order valence-corrected chi connectivity index (χ1v) is 2.92. The number of hydrogen-bond donors (Lipinski definition) is 2. The molecule has 0 radical (unpaired) electrons. The molecule has 1 rings (SSSR count). The van der Waals surface area contributed by atoms with E-state index in [0.29, 0.717) is 6.61 Å². The van der Waals surface area contributed by atoms with Crippen molar-refractivity contribution in [2.24, 2.45) is 5.90 Å². The van der Waals surface area contributed by atoms with Crippen molar-refractivity contribution in [3.05, 3.63) is 29.8 Å². The molecule has 54 valence electrons.